The highest BCUT2D eigenvalue weighted by atomic mass is 35.5. The van der Waals surface area contributed by atoms with Crippen LogP contribution in [0.1, 0.15) is 30.0 Å². The number of nitrogens with one attached hydrogen (secondary N) is 1. The molecule has 0 aliphatic heterocycles. The van der Waals surface area contributed by atoms with E-state index >= 15 is 0 Å². The molecule has 0 saturated heterocycles. The summed E-state index contributed by atoms with van der Waals surface area (Å²) in [6, 6.07) is 18.2. The molecule has 3 aromatic rings. The molecular weight excluding hydrogens is 376 g/mol. The van der Waals surface area contributed by atoms with Crippen LogP contribution in [0.3, 0.4) is 0 Å². The van der Waals surface area contributed by atoms with Crippen LogP contribution < -0.4 is 10.1 Å². The lowest BCUT2D eigenvalue weighted by molar-refractivity contribution is -0.118. The number of nitriles is 1. The van der Waals surface area contributed by atoms with Gasteiger partial charge in [-0.1, -0.05) is 29.8 Å². The van der Waals surface area contributed by atoms with Crippen molar-refractivity contribution < 1.29 is 9.53 Å². The van der Waals surface area contributed by atoms with Crippen LogP contribution in [0.4, 0.5) is 5.82 Å². The number of rotatable bonds is 6. The van der Waals surface area contributed by atoms with Crippen LogP contribution in [-0.4, -0.2) is 22.3 Å². The van der Waals surface area contributed by atoms with Crippen molar-refractivity contribution in [1.29, 1.82) is 5.26 Å². The molecule has 2 aromatic carbocycles. The highest BCUT2D eigenvalue weighted by Crippen LogP contribution is 2.40. The standard InChI is InChI=1S/C21H17ClN4O2/c22-17-10-14(12-23)6-9-19(17)28-13-21(27)24-20-11-18(15-7-8-15)25-26(20)16-4-2-1-3-5-16/h1-6,9-11,15H,7-8,13H2,(H,24,27). The third-order valence-electron chi connectivity index (χ3n) is 4.41. The van der Waals surface area contributed by atoms with Crippen molar-refractivity contribution in [1.82, 2.24) is 9.78 Å². The summed E-state index contributed by atoms with van der Waals surface area (Å²) in [6.07, 6.45) is 2.25. The van der Waals surface area contributed by atoms with Gasteiger partial charge >= 0.3 is 0 Å². The van der Waals surface area contributed by atoms with Crippen LogP contribution >= 0.6 is 11.6 Å². The SMILES string of the molecule is N#Cc1ccc(OCC(=O)Nc2cc(C3CC3)nn2-c2ccccc2)c(Cl)c1. The van der Waals surface area contributed by atoms with Gasteiger partial charge in [-0.25, -0.2) is 4.68 Å². The molecule has 0 atom stereocenters. The van der Waals surface area contributed by atoms with E-state index in [1.807, 2.05) is 42.5 Å². The Kier molecular flexibility index (Phi) is 5.00. The number of hydrogen-bond donors (Lipinski definition) is 1. The maximum absolute atomic E-state index is 12.4. The molecule has 0 radical (unpaired) electrons. The van der Waals surface area contributed by atoms with Crippen molar-refractivity contribution in [3.63, 3.8) is 0 Å². The Morgan fingerprint density at radius 3 is 2.71 bits per heavy atom. The summed E-state index contributed by atoms with van der Waals surface area (Å²) in [7, 11) is 0. The summed E-state index contributed by atoms with van der Waals surface area (Å²) < 4.78 is 7.24. The lowest BCUT2D eigenvalue weighted by atomic mass is 10.2. The number of hydrogen-bond acceptors (Lipinski definition) is 4. The number of carbonyl (C=O) groups excluding carboxylic acids is 1. The molecule has 1 N–H and O–H groups in total. The van der Waals surface area contributed by atoms with E-state index in [1.165, 1.54) is 6.07 Å². The molecular formula is C21H17ClN4O2. The number of halogens is 1. The molecule has 28 heavy (non-hydrogen) atoms. The second-order valence-electron chi connectivity index (χ2n) is 6.57. The zero-order chi connectivity index (χ0) is 19.5. The lowest BCUT2D eigenvalue weighted by Crippen LogP contribution is -2.22. The molecule has 6 nitrogen and oxygen atoms in total. The van der Waals surface area contributed by atoms with E-state index in [0.717, 1.165) is 24.2 Å². The molecule has 1 amide bonds. The van der Waals surface area contributed by atoms with Gasteiger partial charge in [0.25, 0.3) is 5.91 Å². The molecule has 0 unspecified atom stereocenters. The number of aromatic nitrogens is 2. The molecule has 4 rings (SSSR count). The van der Waals surface area contributed by atoms with Gasteiger partial charge in [0, 0.05) is 12.0 Å². The summed E-state index contributed by atoms with van der Waals surface area (Å²) in [5.74, 6) is 1.10. The maximum Gasteiger partial charge on any atom is 0.263 e. The smallest absolute Gasteiger partial charge is 0.263 e. The minimum absolute atomic E-state index is 0.204. The van der Waals surface area contributed by atoms with Gasteiger partial charge in [0.1, 0.15) is 11.6 Å². The number of para-hydroxylation sites is 1. The van der Waals surface area contributed by atoms with Gasteiger partial charge < -0.3 is 10.1 Å². The van der Waals surface area contributed by atoms with E-state index in [4.69, 9.17) is 21.6 Å². The van der Waals surface area contributed by atoms with Crippen molar-refractivity contribution in [2.75, 3.05) is 11.9 Å². The maximum atomic E-state index is 12.4. The van der Waals surface area contributed by atoms with Crippen molar-refractivity contribution in [3.8, 4) is 17.5 Å². The highest BCUT2D eigenvalue weighted by molar-refractivity contribution is 6.32. The molecule has 1 aliphatic carbocycles. The highest BCUT2D eigenvalue weighted by Gasteiger charge is 2.28. The van der Waals surface area contributed by atoms with Crippen molar-refractivity contribution in [3.05, 3.63) is 70.9 Å². The van der Waals surface area contributed by atoms with Crippen molar-refractivity contribution >= 4 is 23.3 Å². The summed E-state index contributed by atoms with van der Waals surface area (Å²) in [5, 5.41) is 16.7. The van der Waals surface area contributed by atoms with Crippen LogP contribution in [0.5, 0.6) is 5.75 Å². The third-order valence-corrected chi connectivity index (χ3v) is 4.71. The Morgan fingerprint density at radius 1 is 1.25 bits per heavy atom. The second kappa shape index (κ2) is 7.75. The Labute approximate surface area is 167 Å². The molecule has 0 bridgehead atoms. The summed E-state index contributed by atoms with van der Waals surface area (Å²) in [4.78, 5) is 12.4. The van der Waals surface area contributed by atoms with Crippen LogP contribution in [0, 0.1) is 11.3 Å². The number of benzene rings is 2. The van der Waals surface area contributed by atoms with Gasteiger partial charge in [-0.15, -0.1) is 0 Å². The van der Waals surface area contributed by atoms with Crippen LogP contribution in [-0.2, 0) is 4.79 Å². The number of ether oxygens (including phenoxy) is 1. The number of anilines is 1. The number of nitrogens with zero attached hydrogens (tertiary/aromatic N) is 3. The lowest BCUT2D eigenvalue weighted by Gasteiger charge is -2.10. The molecule has 1 fully saturated rings. The molecule has 1 aromatic heterocycles. The average molecular weight is 393 g/mol. The number of carbonyl (C=O) groups is 1. The molecule has 7 heteroatoms. The average Bonchev–Trinajstić information content (AvgIpc) is 3.48. The van der Waals surface area contributed by atoms with E-state index < -0.39 is 0 Å². The van der Waals surface area contributed by atoms with Crippen LogP contribution in [0.15, 0.2) is 54.6 Å². The van der Waals surface area contributed by atoms with E-state index in [2.05, 4.69) is 10.4 Å². The fourth-order valence-electron chi connectivity index (χ4n) is 2.84. The first-order valence-electron chi connectivity index (χ1n) is 8.92. The van der Waals surface area contributed by atoms with Gasteiger partial charge in [-0.3, -0.25) is 4.79 Å². The van der Waals surface area contributed by atoms with Gasteiger partial charge in [0.2, 0.25) is 0 Å². The minimum atomic E-state index is -0.320. The molecule has 140 valence electrons. The summed E-state index contributed by atoms with van der Waals surface area (Å²) in [5.41, 5.74) is 2.29. The van der Waals surface area contributed by atoms with E-state index in [-0.39, 0.29) is 17.5 Å². The first kappa shape index (κ1) is 18.1. The predicted molar refractivity (Wildman–Crippen MR) is 106 cm³/mol. The monoisotopic (exact) mass is 392 g/mol. The predicted octanol–water partition coefficient (Wildman–Crippen LogP) is 4.29. The first-order valence-corrected chi connectivity index (χ1v) is 9.29. The largest absolute Gasteiger partial charge is 0.482 e. The molecule has 1 aliphatic rings. The second-order valence-corrected chi connectivity index (χ2v) is 6.98. The first-order chi connectivity index (χ1) is 13.6. The van der Waals surface area contributed by atoms with Gasteiger partial charge in [-0.05, 0) is 43.2 Å². The molecule has 0 spiro atoms. The van der Waals surface area contributed by atoms with E-state index in [1.54, 1.807) is 16.8 Å². The fourth-order valence-corrected chi connectivity index (χ4v) is 3.08. The van der Waals surface area contributed by atoms with Gasteiger partial charge in [-0.2, -0.15) is 10.4 Å². The summed E-state index contributed by atoms with van der Waals surface area (Å²) in [6.45, 7) is -0.204. The van der Waals surface area contributed by atoms with Gasteiger partial charge in [0.05, 0.1) is 28.0 Å². The normalized spacial score (nSPS) is 13.0. The minimum Gasteiger partial charge on any atom is -0.482 e. The number of amides is 1. The Morgan fingerprint density at radius 2 is 2.04 bits per heavy atom. The van der Waals surface area contributed by atoms with E-state index in [9.17, 15) is 4.79 Å². The van der Waals surface area contributed by atoms with Gasteiger partial charge in [0.15, 0.2) is 6.61 Å². The Hall–Kier alpha value is -3.30. The van der Waals surface area contributed by atoms with Crippen LogP contribution in [0.2, 0.25) is 5.02 Å². The Balaban J connectivity index is 1.48. The zero-order valence-electron chi connectivity index (χ0n) is 14.9. The molecule has 1 heterocycles. The quantitative estimate of drug-likeness (QED) is 0.678. The van der Waals surface area contributed by atoms with E-state index in [0.29, 0.717) is 23.0 Å². The topological polar surface area (TPSA) is 79.9 Å². The van der Waals surface area contributed by atoms with Crippen molar-refractivity contribution in [2.45, 2.75) is 18.8 Å². The third kappa shape index (κ3) is 4.00. The fraction of sp³-hybridized carbons (Fsp3) is 0.190. The zero-order valence-corrected chi connectivity index (χ0v) is 15.7. The summed E-state index contributed by atoms with van der Waals surface area (Å²) >= 11 is 6.08. The van der Waals surface area contributed by atoms with Crippen LogP contribution in [0.25, 0.3) is 5.69 Å². The Bertz CT molecular complexity index is 1050. The molecule has 1 saturated carbocycles. The van der Waals surface area contributed by atoms with Crippen molar-refractivity contribution in [2.24, 2.45) is 0 Å².